The van der Waals surface area contributed by atoms with E-state index in [1.807, 2.05) is 47.9 Å². The Morgan fingerprint density at radius 2 is 1.82 bits per heavy atom. The number of unbranched alkanes of at least 4 members (excludes halogenated alkanes) is 1. The molecule has 9 heteroatoms. The van der Waals surface area contributed by atoms with Crippen LogP contribution in [0.4, 0.5) is 0 Å². The summed E-state index contributed by atoms with van der Waals surface area (Å²) in [7, 11) is 0. The monoisotopic (exact) mass is 594 g/mol. The number of rotatable bonds is 9. The SMILES string of the molecule is Br.CCCCc1nc(C)n(CC2CCCCO2)c(=O)c1Cc1ccc(-c2ccccc2-c2noc(=O)[nH]2)cc1. The molecule has 2 aromatic carbocycles. The van der Waals surface area contributed by atoms with Crippen LogP contribution < -0.4 is 11.3 Å². The molecule has 0 aliphatic carbocycles. The van der Waals surface area contributed by atoms with Crippen LogP contribution in [0.2, 0.25) is 0 Å². The molecule has 39 heavy (non-hydrogen) atoms. The van der Waals surface area contributed by atoms with Gasteiger partial charge in [0.15, 0.2) is 5.82 Å². The van der Waals surface area contributed by atoms with E-state index in [4.69, 9.17) is 14.2 Å². The Labute approximate surface area is 238 Å². The number of H-pyrrole nitrogens is 1. The predicted octanol–water partition coefficient (Wildman–Crippen LogP) is 5.64. The lowest BCUT2D eigenvalue weighted by Gasteiger charge is -2.24. The van der Waals surface area contributed by atoms with Crippen molar-refractivity contribution >= 4 is 17.0 Å². The van der Waals surface area contributed by atoms with Crippen LogP contribution in [0, 0.1) is 6.92 Å². The lowest BCUT2D eigenvalue weighted by molar-refractivity contribution is 0.00483. The zero-order valence-electron chi connectivity index (χ0n) is 22.4. The van der Waals surface area contributed by atoms with Gasteiger partial charge >= 0.3 is 5.76 Å². The number of hydrogen-bond acceptors (Lipinski definition) is 6. The summed E-state index contributed by atoms with van der Waals surface area (Å²) in [6, 6.07) is 15.9. The first kappa shape index (κ1) is 28.7. The Balaban J connectivity index is 0.00000353. The third-order valence-corrected chi connectivity index (χ3v) is 7.23. The fraction of sp³-hybridized carbons (Fsp3) is 0.400. The third kappa shape index (κ3) is 6.65. The number of aromatic nitrogens is 4. The number of halogens is 1. The van der Waals surface area contributed by atoms with Crippen LogP contribution in [0.15, 0.2) is 62.6 Å². The molecule has 8 nitrogen and oxygen atoms in total. The highest BCUT2D eigenvalue weighted by Gasteiger charge is 2.20. The van der Waals surface area contributed by atoms with E-state index in [1.54, 1.807) is 0 Å². The minimum Gasteiger partial charge on any atom is -0.376 e. The molecule has 206 valence electrons. The molecule has 4 aromatic rings. The van der Waals surface area contributed by atoms with Crippen LogP contribution in [0.1, 0.15) is 61.7 Å². The minimum atomic E-state index is -0.587. The van der Waals surface area contributed by atoms with E-state index in [1.165, 1.54) is 0 Å². The van der Waals surface area contributed by atoms with Crippen LogP contribution >= 0.6 is 17.0 Å². The van der Waals surface area contributed by atoms with Crippen molar-refractivity contribution in [2.45, 2.75) is 71.4 Å². The van der Waals surface area contributed by atoms with Crippen molar-refractivity contribution < 1.29 is 9.26 Å². The van der Waals surface area contributed by atoms with Gasteiger partial charge in [-0.05, 0) is 55.7 Å². The lowest BCUT2D eigenvalue weighted by atomic mass is 9.96. The summed E-state index contributed by atoms with van der Waals surface area (Å²) < 4.78 is 12.4. The van der Waals surface area contributed by atoms with Gasteiger partial charge in [-0.3, -0.25) is 18.9 Å². The summed E-state index contributed by atoms with van der Waals surface area (Å²) in [6.45, 7) is 5.39. The number of hydrogen-bond donors (Lipinski definition) is 1. The summed E-state index contributed by atoms with van der Waals surface area (Å²) in [6.07, 6.45) is 6.62. The fourth-order valence-corrected chi connectivity index (χ4v) is 5.15. The van der Waals surface area contributed by atoms with E-state index in [9.17, 15) is 9.59 Å². The van der Waals surface area contributed by atoms with E-state index < -0.39 is 5.76 Å². The van der Waals surface area contributed by atoms with Gasteiger partial charge in [-0.15, -0.1) is 17.0 Å². The zero-order chi connectivity index (χ0) is 26.5. The molecule has 0 bridgehead atoms. The molecule has 1 saturated heterocycles. The van der Waals surface area contributed by atoms with Crippen molar-refractivity contribution in [2.75, 3.05) is 6.61 Å². The van der Waals surface area contributed by atoms with Crippen LogP contribution in [0.5, 0.6) is 0 Å². The molecule has 0 saturated carbocycles. The molecule has 2 aromatic heterocycles. The Kier molecular flexibility index (Phi) is 9.69. The Bertz CT molecular complexity index is 1500. The van der Waals surface area contributed by atoms with Gasteiger partial charge in [0.1, 0.15) is 5.82 Å². The summed E-state index contributed by atoms with van der Waals surface area (Å²) in [5.74, 6) is 0.566. The van der Waals surface area contributed by atoms with Gasteiger partial charge in [0.05, 0.1) is 18.3 Å². The van der Waals surface area contributed by atoms with Crippen LogP contribution in [-0.2, 0) is 24.1 Å². The van der Waals surface area contributed by atoms with Gasteiger partial charge in [-0.2, -0.15) is 0 Å². The molecular formula is C30H35BrN4O4. The van der Waals surface area contributed by atoms with Crippen molar-refractivity contribution in [3.63, 3.8) is 0 Å². The van der Waals surface area contributed by atoms with Crippen molar-refractivity contribution in [1.29, 1.82) is 0 Å². The summed E-state index contributed by atoms with van der Waals surface area (Å²) >= 11 is 0. The molecule has 1 unspecified atom stereocenters. The highest BCUT2D eigenvalue weighted by Crippen LogP contribution is 2.30. The number of nitrogens with zero attached hydrogens (tertiary/aromatic N) is 3. The molecule has 0 radical (unpaired) electrons. The second-order valence-corrected chi connectivity index (χ2v) is 9.96. The molecule has 5 rings (SSSR count). The molecule has 0 amide bonds. The van der Waals surface area contributed by atoms with Crippen LogP contribution in [0.3, 0.4) is 0 Å². The van der Waals surface area contributed by atoms with Gasteiger partial charge in [0.2, 0.25) is 0 Å². The Morgan fingerprint density at radius 1 is 1.05 bits per heavy atom. The van der Waals surface area contributed by atoms with Crippen LogP contribution in [-0.4, -0.2) is 32.4 Å². The molecule has 1 aliphatic heterocycles. The number of aryl methyl sites for hydroxylation is 2. The van der Waals surface area contributed by atoms with Gasteiger partial charge in [0, 0.05) is 24.2 Å². The molecule has 3 heterocycles. The fourth-order valence-electron chi connectivity index (χ4n) is 5.15. The van der Waals surface area contributed by atoms with Crippen LogP contribution in [0.25, 0.3) is 22.5 Å². The quantitative estimate of drug-likeness (QED) is 0.269. The van der Waals surface area contributed by atoms with Gasteiger partial charge < -0.3 is 4.74 Å². The third-order valence-electron chi connectivity index (χ3n) is 7.23. The molecule has 1 atom stereocenters. The van der Waals surface area contributed by atoms with Gasteiger partial charge in [-0.25, -0.2) is 9.78 Å². The topological polar surface area (TPSA) is 103 Å². The van der Waals surface area contributed by atoms with E-state index >= 15 is 0 Å². The minimum absolute atomic E-state index is 0. The zero-order valence-corrected chi connectivity index (χ0v) is 24.2. The maximum atomic E-state index is 13.8. The van der Waals surface area contributed by atoms with Crippen molar-refractivity contribution in [3.05, 3.63) is 92.1 Å². The van der Waals surface area contributed by atoms with E-state index in [-0.39, 0.29) is 28.6 Å². The first-order valence-corrected chi connectivity index (χ1v) is 13.5. The Morgan fingerprint density at radius 3 is 2.49 bits per heavy atom. The second-order valence-electron chi connectivity index (χ2n) is 9.96. The molecule has 1 fully saturated rings. The maximum Gasteiger partial charge on any atom is 0.439 e. The van der Waals surface area contributed by atoms with Crippen molar-refractivity contribution in [1.82, 2.24) is 19.7 Å². The number of ether oxygens (including phenoxy) is 1. The first-order valence-electron chi connectivity index (χ1n) is 13.5. The molecule has 1 aliphatic rings. The highest BCUT2D eigenvalue weighted by molar-refractivity contribution is 8.93. The summed E-state index contributed by atoms with van der Waals surface area (Å²) in [5.41, 5.74) is 5.45. The van der Waals surface area contributed by atoms with E-state index in [0.717, 1.165) is 84.5 Å². The number of aromatic amines is 1. The van der Waals surface area contributed by atoms with E-state index in [0.29, 0.717) is 18.8 Å². The molecule has 1 N–H and O–H groups in total. The lowest BCUT2D eigenvalue weighted by Crippen LogP contribution is -2.35. The highest BCUT2D eigenvalue weighted by atomic mass is 79.9. The smallest absolute Gasteiger partial charge is 0.376 e. The maximum absolute atomic E-state index is 13.8. The standard InChI is InChI=1S/C30H34N4O4.BrH/c1-3-4-12-27-26(29(35)34(20(2)31-27)19-23-9-7-8-17-37-23)18-21-13-15-22(16-14-21)24-10-5-6-11-25(24)28-32-30(36)38-33-28;/h5-6,10-11,13-16,23H,3-4,7-9,12,17-19H2,1-2H3,(H,32,33,36);1H. The second kappa shape index (κ2) is 13.2. The molecule has 0 spiro atoms. The average Bonchev–Trinajstić information content (AvgIpc) is 3.38. The largest absolute Gasteiger partial charge is 0.439 e. The normalized spacial score (nSPS) is 15.2. The first-order chi connectivity index (χ1) is 18.5. The number of benzene rings is 2. The summed E-state index contributed by atoms with van der Waals surface area (Å²) in [5, 5.41) is 3.85. The van der Waals surface area contributed by atoms with E-state index in [2.05, 4.69) is 29.2 Å². The van der Waals surface area contributed by atoms with Crippen molar-refractivity contribution in [3.8, 4) is 22.5 Å². The van der Waals surface area contributed by atoms with Gasteiger partial charge in [0.25, 0.3) is 5.56 Å². The van der Waals surface area contributed by atoms with Crippen molar-refractivity contribution in [2.24, 2.45) is 0 Å². The summed E-state index contributed by atoms with van der Waals surface area (Å²) in [4.78, 5) is 32.8. The Hall–Kier alpha value is -3.30. The molecular weight excluding hydrogens is 560 g/mol. The average molecular weight is 596 g/mol. The van der Waals surface area contributed by atoms with Gasteiger partial charge in [-0.1, -0.05) is 67.0 Å². The predicted molar refractivity (Wildman–Crippen MR) is 157 cm³/mol. The number of nitrogens with one attached hydrogen (secondary N) is 1.